The van der Waals surface area contributed by atoms with Crippen LogP contribution >= 0.6 is 47.8 Å². The maximum absolute atomic E-state index is 13.9. The van der Waals surface area contributed by atoms with E-state index in [1.807, 2.05) is 66.7 Å². The van der Waals surface area contributed by atoms with Gasteiger partial charge in [-0.05, 0) is 86.9 Å². The molecule has 0 unspecified atom stereocenters. The largest absolute Gasteiger partial charge is 0.478 e. The third kappa shape index (κ3) is 3.51. The lowest BCUT2D eigenvalue weighted by atomic mass is 9.65. The van der Waals surface area contributed by atoms with E-state index in [2.05, 4.69) is 47.8 Å². The Morgan fingerprint density at radius 3 is 2.26 bits per heavy atom. The van der Waals surface area contributed by atoms with E-state index in [1.165, 1.54) is 6.92 Å². The van der Waals surface area contributed by atoms with Gasteiger partial charge in [0.25, 0.3) is 0 Å². The highest BCUT2D eigenvalue weighted by Crippen LogP contribution is 2.57. The van der Waals surface area contributed by atoms with Gasteiger partial charge < -0.3 is 14.6 Å². The van der Waals surface area contributed by atoms with Crippen LogP contribution in [-0.4, -0.2) is 27.9 Å². The summed E-state index contributed by atoms with van der Waals surface area (Å²) < 4.78 is 15.0. The first-order valence-corrected chi connectivity index (χ1v) is 14.7. The summed E-state index contributed by atoms with van der Waals surface area (Å²) >= 11 is 10.5. The van der Waals surface area contributed by atoms with E-state index in [4.69, 9.17) is 9.47 Å². The summed E-state index contributed by atoms with van der Waals surface area (Å²) in [6.07, 6.45) is 1.72. The molecule has 0 saturated heterocycles. The lowest BCUT2D eigenvalue weighted by Gasteiger charge is -2.48. The number of aliphatic hydroxyl groups is 1. The molecule has 4 aromatic rings. The monoisotopic (exact) mass is 708 g/mol. The van der Waals surface area contributed by atoms with Crippen LogP contribution in [0.1, 0.15) is 24.5 Å². The topological polar surface area (TPSA) is 72.8 Å². The van der Waals surface area contributed by atoms with E-state index >= 15 is 0 Å². The van der Waals surface area contributed by atoms with E-state index in [0.717, 1.165) is 41.6 Å². The zero-order chi connectivity index (χ0) is 27.3. The smallest absolute Gasteiger partial charge is 0.210 e. The Morgan fingerprint density at radius 1 is 0.923 bits per heavy atom. The molecule has 2 heterocycles. The molecule has 0 aromatic heterocycles. The van der Waals surface area contributed by atoms with Crippen molar-refractivity contribution in [2.24, 2.45) is 0 Å². The first kappa shape index (κ1) is 25.2. The number of halogens is 3. The number of rotatable bonds is 2. The second-order valence-corrected chi connectivity index (χ2v) is 12.9. The molecule has 1 aliphatic carbocycles. The highest BCUT2D eigenvalue weighted by Gasteiger charge is 2.67. The molecule has 0 amide bonds. The summed E-state index contributed by atoms with van der Waals surface area (Å²) in [6.45, 7) is 1.37. The average Bonchev–Trinajstić information content (AvgIpc) is 3.31. The van der Waals surface area contributed by atoms with Crippen molar-refractivity contribution in [1.29, 1.82) is 0 Å². The molecular formula is C31H19Br3O5. The van der Waals surface area contributed by atoms with Gasteiger partial charge in [-0.25, -0.2) is 0 Å². The van der Waals surface area contributed by atoms with Crippen LogP contribution in [0.15, 0.2) is 85.4 Å². The van der Waals surface area contributed by atoms with Crippen LogP contribution in [0.3, 0.4) is 0 Å². The van der Waals surface area contributed by atoms with E-state index in [0.29, 0.717) is 17.1 Å². The number of hydrogen-bond acceptors (Lipinski definition) is 5. The zero-order valence-corrected chi connectivity index (χ0v) is 25.2. The molecule has 5 nitrogen and oxygen atoms in total. The van der Waals surface area contributed by atoms with E-state index in [1.54, 1.807) is 0 Å². The molecule has 1 spiro atoms. The Kier molecular flexibility index (Phi) is 5.56. The number of ether oxygens (including phenoxy) is 2. The molecule has 0 bridgehead atoms. The van der Waals surface area contributed by atoms with Crippen molar-refractivity contribution in [1.82, 2.24) is 0 Å². The number of carbonyl (C=O) groups excluding carboxylic acids is 2. The van der Waals surface area contributed by atoms with E-state index in [-0.39, 0.29) is 22.4 Å². The van der Waals surface area contributed by atoms with Gasteiger partial charge in [-0.15, -0.1) is 0 Å². The molecular weight excluding hydrogens is 692 g/mol. The van der Waals surface area contributed by atoms with Crippen molar-refractivity contribution in [3.8, 4) is 11.5 Å². The quantitative estimate of drug-likeness (QED) is 0.233. The van der Waals surface area contributed by atoms with Gasteiger partial charge in [-0.3, -0.25) is 9.59 Å². The fourth-order valence-electron chi connectivity index (χ4n) is 6.13. The predicted molar refractivity (Wildman–Crippen MR) is 160 cm³/mol. The van der Waals surface area contributed by atoms with Gasteiger partial charge >= 0.3 is 0 Å². The maximum atomic E-state index is 13.9. The fraction of sp³-hybridized carbons (Fsp3) is 0.161. The van der Waals surface area contributed by atoms with Gasteiger partial charge in [-0.2, -0.15) is 0 Å². The number of fused-ring (bicyclic) bond motifs is 8. The highest BCUT2D eigenvalue weighted by atomic mass is 79.9. The van der Waals surface area contributed by atoms with Crippen molar-refractivity contribution >= 4 is 87.0 Å². The van der Waals surface area contributed by atoms with Crippen LogP contribution in [0.25, 0.3) is 27.6 Å². The number of ketones is 2. The summed E-state index contributed by atoms with van der Waals surface area (Å²) in [6, 6.07) is 19.6. The number of benzene rings is 4. The third-order valence-corrected chi connectivity index (χ3v) is 9.58. The summed E-state index contributed by atoms with van der Waals surface area (Å²) in [4.78, 5) is 26.5. The highest BCUT2D eigenvalue weighted by molar-refractivity contribution is 9.12. The Bertz CT molecular complexity index is 1870. The van der Waals surface area contributed by atoms with Crippen molar-refractivity contribution in [3.05, 3.63) is 96.6 Å². The van der Waals surface area contributed by atoms with Crippen LogP contribution in [0, 0.1) is 0 Å². The summed E-state index contributed by atoms with van der Waals surface area (Å²) in [5.41, 5.74) is -1.56. The molecule has 0 radical (unpaired) electrons. The van der Waals surface area contributed by atoms with Gasteiger partial charge in [-0.1, -0.05) is 56.1 Å². The van der Waals surface area contributed by atoms with Crippen molar-refractivity contribution in [3.63, 3.8) is 0 Å². The van der Waals surface area contributed by atoms with Crippen LogP contribution in [0.5, 0.6) is 11.5 Å². The van der Waals surface area contributed by atoms with Gasteiger partial charge in [0.2, 0.25) is 5.78 Å². The average molecular weight is 711 g/mol. The SMILES string of the molecule is CC(=O)C[C@@]1(O)C(=O)C(Br)=C2Oc3ccc4cc(Br)ccc4c3C=C2[C@@]12Cc1c(ccc3cc(Br)ccc13)O2. The molecule has 1 N–H and O–H groups in total. The molecule has 0 saturated carbocycles. The summed E-state index contributed by atoms with van der Waals surface area (Å²) in [5.74, 6) is 0.474. The molecule has 7 rings (SSSR count). The standard InChI is InChI=1S/C31H19Br3O5/c1-15(35)13-30(37)29(36)27(34)28-24(12-22-20-6-4-18(32)10-16(20)2-8-25(22)38-28)31(30)14-23-21-7-5-19(33)11-17(21)3-9-26(23)39-31/h2-12,37H,13-14H2,1H3/t30-,31+/m1/s1. The van der Waals surface area contributed by atoms with Gasteiger partial charge in [0.1, 0.15) is 21.8 Å². The summed E-state index contributed by atoms with van der Waals surface area (Å²) in [7, 11) is 0. The third-order valence-electron chi connectivity index (χ3n) is 7.87. The van der Waals surface area contributed by atoms with Crippen LogP contribution < -0.4 is 9.47 Å². The predicted octanol–water partition coefficient (Wildman–Crippen LogP) is 7.57. The second-order valence-electron chi connectivity index (χ2n) is 10.2. The zero-order valence-electron chi connectivity index (χ0n) is 20.5. The number of carbonyl (C=O) groups is 2. The molecule has 194 valence electrons. The van der Waals surface area contributed by atoms with Crippen molar-refractivity contribution in [2.45, 2.75) is 31.0 Å². The molecule has 8 heteroatoms. The minimum Gasteiger partial charge on any atom is -0.478 e. The second kappa shape index (κ2) is 8.61. The lowest BCUT2D eigenvalue weighted by Crippen LogP contribution is -2.66. The van der Waals surface area contributed by atoms with Gasteiger partial charge in [0.15, 0.2) is 17.0 Å². The molecule has 4 aromatic carbocycles. The van der Waals surface area contributed by atoms with Crippen LogP contribution in [0.4, 0.5) is 0 Å². The first-order valence-electron chi connectivity index (χ1n) is 12.3. The minimum atomic E-state index is -2.16. The van der Waals surface area contributed by atoms with E-state index in [9.17, 15) is 14.7 Å². The van der Waals surface area contributed by atoms with Crippen molar-refractivity contribution < 1.29 is 24.2 Å². The molecule has 2 aliphatic heterocycles. The maximum Gasteiger partial charge on any atom is 0.210 e. The van der Waals surface area contributed by atoms with Crippen LogP contribution in [0.2, 0.25) is 0 Å². The lowest BCUT2D eigenvalue weighted by molar-refractivity contribution is -0.160. The molecule has 2 atom stereocenters. The molecule has 3 aliphatic rings. The van der Waals surface area contributed by atoms with Crippen molar-refractivity contribution in [2.75, 3.05) is 0 Å². The normalized spacial score (nSPS) is 23.3. The fourth-order valence-corrected chi connectivity index (χ4v) is 7.51. The van der Waals surface area contributed by atoms with E-state index < -0.39 is 23.4 Å². The van der Waals surface area contributed by atoms with Crippen LogP contribution in [-0.2, 0) is 16.0 Å². The number of Topliss-reactive ketones (excluding diaryl/α,β-unsaturated/α-hetero) is 2. The Morgan fingerprint density at radius 2 is 1.56 bits per heavy atom. The molecule has 0 fully saturated rings. The van der Waals surface area contributed by atoms with Gasteiger partial charge in [0, 0.05) is 38.5 Å². The first-order chi connectivity index (χ1) is 18.6. The minimum absolute atomic E-state index is 0.0815. The number of hydrogen-bond donors (Lipinski definition) is 1. The molecule has 39 heavy (non-hydrogen) atoms. The Labute approximate surface area is 248 Å². The van der Waals surface area contributed by atoms with Gasteiger partial charge in [0.05, 0.1) is 0 Å². The Balaban J connectivity index is 1.53. The Hall–Kier alpha value is -2.78. The summed E-state index contributed by atoms with van der Waals surface area (Å²) in [5, 5.41) is 16.2.